The monoisotopic (exact) mass is 303 g/mol. The maximum atomic E-state index is 4.54. The van der Waals surface area contributed by atoms with Crippen LogP contribution in [-0.2, 0) is 6.54 Å². The van der Waals surface area contributed by atoms with Crippen LogP contribution in [0.1, 0.15) is 37.1 Å². The third kappa shape index (κ3) is 3.91. The van der Waals surface area contributed by atoms with E-state index >= 15 is 0 Å². The molecule has 21 heavy (non-hydrogen) atoms. The average molecular weight is 303 g/mol. The second-order valence-electron chi connectivity index (χ2n) is 5.42. The van der Waals surface area contributed by atoms with Gasteiger partial charge in [0.05, 0.1) is 0 Å². The molecule has 0 bridgehead atoms. The van der Waals surface area contributed by atoms with Gasteiger partial charge in [0.1, 0.15) is 11.6 Å². The predicted octanol–water partition coefficient (Wildman–Crippen LogP) is 3.23. The molecule has 0 saturated carbocycles. The van der Waals surface area contributed by atoms with Gasteiger partial charge in [0.2, 0.25) is 5.13 Å². The van der Waals surface area contributed by atoms with Crippen LogP contribution in [0.3, 0.4) is 0 Å². The first kappa shape index (κ1) is 14.3. The minimum absolute atomic E-state index is 0.762. The predicted molar refractivity (Wildman–Crippen MR) is 86.9 cm³/mol. The maximum absolute atomic E-state index is 4.54. The third-order valence-electron chi connectivity index (χ3n) is 3.71. The fraction of sp³-hybridized carbons (Fsp3) is 0.533. The molecule has 0 unspecified atom stereocenters. The molecule has 3 rings (SSSR count). The van der Waals surface area contributed by atoms with Gasteiger partial charge in [-0.1, -0.05) is 12.8 Å². The lowest BCUT2D eigenvalue weighted by atomic mass is 10.2. The molecule has 1 aliphatic heterocycles. The lowest BCUT2D eigenvalue weighted by Gasteiger charge is -2.21. The Hall–Kier alpha value is -1.69. The largest absolute Gasteiger partial charge is 0.357 e. The van der Waals surface area contributed by atoms with Crippen LogP contribution in [0.2, 0.25) is 0 Å². The van der Waals surface area contributed by atoms with Crippen LogP contribution in [0.5, 0.6) is 0 Å². The summed E-state index contributed by atoms with van der Waals surface area (Å²) < 4.78 is 4.18. The lowest BCUT2D eigenvalue weighted by molar-refractivity contribution is 0.726. The molecule has 1 saturated heterocycles. The first-order valence-electron chi connectivity index (χ1n) is 7.55. The molecular formula is C15H21N5S. The molecular weight excluding hydrogens is 282 g/mol. The minimum atomic E-state index is 0.762. The quantitative estimate of drug-likeness (QED) is 0.939. The van der Waals surface area contributed by atoms with E-state index in [9.17, 15) is 0 Å². The SMILES string of the molecule is Cc1nsc(NCc2ccnc(N3CCCCCC3)c2)n1. The fourth-order valence-electron chi connectivity index (χ4n) is 2.59. The molecule has 0 amide bonds. The van der Waals surface area contributed by atoms with Crippen LogP contribution in [0.15, 0.2) is 18.3 Å². The number of anilines is 2. The Labute approximate surface area is 129 Å². The Morgan fingerprint density at radius 2 is 2.05 bits per heavy atom. The van der Waals surface area contributed by atoms with Crippen molar-refractivity contribution in [1.82, 2.24) is 14.3 Å². The van der Waals surface area contributed by atoms with Gasteiger partial charge in [0, 0.05) is 37.4 Å². The molecule has 0 aliphatic carbocycles. The molecule has 1 aliphatic rings. The average Bonchev–Trinajstić information content (AvgIpc) is 2.76. The number of aromatic nitrogens is 3. The van der Waals surface area contributed by atoms with Gasteiger partial charge in [0.15, 0.2) is 0 Å². The molecule has 1 N–H and O–H groups in total. The zero-order valence-corrected chi connectivity index (χ0v) is 13.2. The number of hydrogen-bond donors (Lipinski definition) is 1. The van der Waals surface area contributed by atoms with E-state index in [-0.39, 0.29) is 0 Å². The summed E-state index contributed by atoms with van der Waals surface area (Å²) in [4.78, 5) is 11.3. The van der Waals surface area contributed by atoms with Crippen LogP contribution in [0.4, 0.5) is 10.9 Å². The van der Waals surface area contributed by atoms with E-state index in [0.29, 0.717) is 0 Å². The number of nitrogens with zero attached hydrogens (tertiary/aromatic N) is 4. The molecule has 5 nitrogen and oxygen atoms in total. The molecule has 0 atom stereocenters. The summed E-state index contributed by atoms with van der Waals surface area (Å²) in [7, 11) is 0. The summed E-state index contributed by atoms with van der Waals surface area (Å²) in [6.45, 7) is 4.92. The van der Waals surface area contributed by atoms with Gasteiger partial charge in [0.25, 0.3) is 0 Å². The van der Waals surface area contributed by atoms with Gasteiger partial charge >= 0.3 is 0 Å². The van der Waals surface area contributed by atoms with Crippen molar-refractivity contribution in [2.24, 2.45) is 0 Å². The second kappa shape index (κ2) is 6.85. The van der Waals surface area contributed by atoms with Crippen molar-refractivity contribution in [3.63, 3.8) is 0 Å². The number of pyridine rings is 1. The van der Waals surface area contributed by atoms with E-state index in [2.05, 4.69) is 36.7 Å². The number of hydrogen-bond acceptors (Lipinski definition) is 6. The highest BCUT2D eigenvalue weighted by Crippen LogP contribution is 2.19. The highest BCUT2D eigenvalue weighted by molar-refractivity contribution is 7.09. The Balaban J connectivity index is 1.64. The smallest absolute Gasteiger partial charge is 0.202 e. The molecule has 1 fully saturated rings. The van der Waals surface area contributed by atoms with Gasteiger partial charge < -0.3 is 10.2 Å². The lowest BCUT2D eigenvalue weighted by Crippen LogP contribution is -2.25. The molecule has 0 radical (unpaired) electrons. The number of nitrogens with one attached hydrogen (secondary N) is 1. The van der Waals surface area contributed by atoms with E-state index in [4.69, 9.17) is 0 Å². The normalized spacial score (nSPS) is 15.8. The van der Waals surface area contributed by atoms with Crippen molar-refractivity contribution in [2.45, 2.75) is 39.2 Å². The topological polar surface area (TPSA) is 53.9 Å². The molecule has 0 spiro atoms. The van der Waals surface area contributed by atoms with Crippen molar-refractivity contribution in [2.75, 3.05) is 23.3 Å². The van der Waals surface area contributed by atoms with Gasteiger partial charge in [-0.05, 0) is 37.5 Å². The van der Waals surface area contributed by atoms with Crippen LogP contribution in [-0.4, -0.2) is 27.4 Å². The molecule has 112 valence electrons. The number of rotatable bonds is 4. The van der Waals surface area contributed by atoms with Crippen molar-refractivity contribution in [3.05, 3.63) is 29.7 Å². The van der Waals surface area contributed by atoms with Crippen molar-refractivity contribution < 1.29 is 0 Å². The third-order valence-corrected chi connectivity index (χ3v) is 4.48. The standard InChI is InChI=1S/C15H21N5S/c1-12-18-15(21-19-12)17-11-13-6-7-16-14(10-13)20-8-4-2-3-5-9-20/h6-7,10H,2-5,8-9,11H2,1H3,(H,17,18,19). The maximum Gasteiger partial charge on any atom is 0.202 e. The summed E-state index contributed by atoms with van der Waals surface area (Å²) in [5.74, 6) is 1.92. The summed E-state index contributed by atoms with van der Waals surface area (Å²) in [6.07, 6.45) is 7.13. The highest BCUT2D eigenvalue weighted by atomic mass is 32.1. The summed E-state index contributed by atoms with van der Waals surface area (Å²) in [6, 6.07) is 4.24. The summed E-state index contributed by atoms with van der Waals surface area (Å²) >= 11 is 1.41. The van der Waals surface area contributed by atoms with Crippen molar-refractivity contribution >= 4 is 22.5 Å². The second-order valence-corrected chi connectivity index (χ2v) is 6.18. The van der Waals surface area contributed by atoms with Gasteiger partial charge in [-0.2, -0.15) is 4.37 Å². The fourth-order valence-corrected chi connectivity index (χ4v) is 3.16. The summed E-state index contributed by atoms with van der Waals surface area (Å²) in [5.41, 5.74) is 1.23. The van der Waals surface area contributed by atoms with E-state index in [1.807, 2.05) is 13.1 Å². The van der Waals surface area contributed by atoms with Crippen LogP contribution >= 0.6 is 11.5 Å². The van der Waals surface area contributed by atoms with Crippen molar-refractivity contribution in [3.8, 4) is 0 Å². The molecule has 2 aromatic heterocycles. The Kier molecular flexibility index (Phi) is 4.65. The van der Waals surface area contributed by atoms with E-state index in [1.54, 1.807) is 0 Å². The number of aryl methyl sites for hydroxylation is 1. The molecule has 2 aromatic rings. The summed E-state index contributed by atoms with van der Waals surface area (Å²) in [5, 5.41) is 4.20. The first-order chi connectivity index (χ1) is 10.3. The Bertz CT molecular complexity index is 575. The molecule has 6 heteroatoms. The van der Waals surface area contributed by atoms with E-state index < -0.39 is 0 Å². The Morgan fingerprint density at radius 3 is 2.76 bits per heavy atom. The Morgan fingerprint density at radius 1 is 1.24 bits per heavy atom. The van der Waals surface area contributed by atoms with Gasteiger partial charge in [-0.3, -0.25) is 0 Å². The van der Waals surface area contributed by atoms with E-state index in [0.717, 1.165) is 36.4 Å². The molecule has 0 aromatic carbocycles. The zero-order chi connectivity index (χ0) is 14.5. The molecule has 3 heterocycles. The van der Waals surface area contributed by atoms with Crippen LogP contribution in [0, 0.1) is 6.92 Å². The minimum Gasteiger partial charge on any atom is -0.357 e. The van der Waals surface area contributed by atoms with E-state index in [1.165, 1.54) is 42.8 Å². The van der Waals surface area contributed by atoms with Gasteiger partial charge in [-0.15, -0.1) is 0 Å². The first-order valence-corrected chi connectivity index (χ1v) is 8.33. The van der Waals surface area contributed by atoms with Gasteiger partial charge in [-0.25, -0.2) is 9.97 Å². The van der Waals surface area contributed by atoms with Crippen molar-refractivity contribution in [1.29, 1.82) is 0 Å². The highest BCUT2D eigenvalue weighted by Gasteiger charge is 2.11. The van der Waals surface area contributed by atoms with Crippen LogP contribution < -0.4 is 10.2 Å². The zero-order valence-electron chi connectivity index (χ0n) is 12.4. The van der Waals surface area contributed by atoms with Crippen LogP contribution in [0.25, 0.3) is 0 Å².